The van der Waals surface area contributed by atoms with Crippen LogP contribution >= 0.6 is 0 Å². The first-order chi connectivity index (χ1) is 9.39. The maximum Gasteiger partial charge on any atom is 0.471 e. The molecule has 1 amide bonds. The van der Waals surface area contributed by atoms with Gasteiger partial charge in [-0.3, -0.25) is 4.79 Å². The molecule has 6 heteroatoms. The van der Waals surface area contributed by atoms with Crippen molar-refractivity contribution in [3.8, 4) is 5.75 Å². The molecule has 20 heavy (non-hydrogen) atoms. The van der Waals surface area contributed by atoms with Crippen LogP contribution in [0.3, 0.4) is 0 Å². The average Bonchev–Trinajstić information content (AvgIpc) is 2.39. The molecule has 0 saturated carbocycles. The van der Waals surface area contributed by atoms with Crippen molar-refractivity contribution in [2.24, 2.45) is 0 Å². The van der Waals surface area contributed by atoms with Crippen molar-refractivity contribution in [3.05, 3.63) is 35.5 Å². The van der Waals surface area contributed by atoms with E-state index < -0.39 is 12.1 Å². The van der Waals surface area contributed by atoms with E-state index in [-0.39, 0.29) is 11.4 Å². The highest BCUT2D eigenvalue weighted by atomic mass is 19.4. The standard InChI is InChI=1S/C14H14F3NO2/c15-14(16,17)13(20)18-11-7-3-1-5-9(11)10-6-2-4-8-12(10)19/h2,4,6,8,19H,1,3,5,7H2,(H,18,20). The number of alkyl halides is 3. The number of phenolic OH excluding ortho intramolecular Hbond substituents is 1. The zero-order valence-electron chi connectivity index (χ0n) is 10.6. The lowest BCUT2D eigenvalue weighted by molar-refractivity contribution is -0.172. The van der Waals surface area contributed by atoms with Crippen LogP contribution in [-0.2, 0) is 4.79 Å². The summed E-state index contributed by atoms with van der Waals surface area (Å²) in [5, 5.41) is 11.7. The number of allylic oxidation sites excluding steroid dienone is 2. The van der Waals surface area contributed by atoms with Gasteiger partial charge in [0.25, 0.3) is 0 Å². The van der Waals surface area contributed by atoms with Gasteiger partial charge in [-0.1, -0.05) is 18.2 Å². The van der Waals surface area contributed by atoms with Crippen LogP contribution in [0.4, 0.5) is 13.2 Å². The van der Waals surface area contributed by atoms with E-state index >= 15 is 0 Å². The summed E-state index contributed by atoms with van der Waals surface area (Å²) in [5.41, 5.74) is 1.30. The third-order valence-corrected chi connectivity index (χ3v) is 3.22. The van der Waals surface area contributed by atoms with E-state index in [1.807, 2.05) is 5.32 Å². The second kappa shape index (κ2) is 5.56. The molecule has 3 nitrogen and oxygen atoms in total. The Morgan fingerprint density at radius 3 is 2.45 bits per heavy atom. The van der Waals surface area contributed by atoms with Gasteiger partial charge in [0.15, 0.2) is 0 Å². The number of carbonyl (C=O) groups excluding carboxylic acids is 1. The molecule has 0 radical (unpaired) electrons. The summed E-state index contributed by atoms with van der Waals surface area (Å²) in [6.45, 7) is 0. The second-order valence-corrected chi connectivity index (χ2v) is 4.63. The molecule has 0 unspecified atom stereocenters. The molecule has 0 atom stereocenters. The van der Waals surface area contributed by atoms with Gasteiger partial charge in [-0.05, 0) is 37.3 Å². The van der Waals surface area contributed by atoms with E-state index in [2.05, 4.69) is 0 Å². The Bertz CT molecular complexity index is 550. The molecule has 2 rings (SSSR count). The summed E-state index contributed by atoms with van der Waals surface area (Å²) < 4.78 is 37.0. The predicted molar refractivity (Wildman–Crippen MR) is 67.7 cm³/mol. The third-order valence-electron chi connectivity index (χ3n) is 3.22. The predicted octanol–water partition coefficient (Wildman–Crippen LogP) is 3.36. The quantitative estimate of drug-likeness (QED) is 0.875. The first kappa shape index (κ1) is 14.4. The number of halogens is 3. The van der Waals surface area contributed by atoms with Gasteiger partial charge in [-0.2, -0.15) is 13.2 Å². The number of phenols is 1. The number of hydrogen-bond acceptors (Lipinski definition) is 2. The van der Waals surface area contributed by atoms with Gasteiger partial charge in [0.2, 0.25) is 0 Å². The molecule has 0 heterocycles. The highest BCUT2D eigenvalue weighted by Crippen LogP contribution is 2.35. The van der Waals surface area contributed by atoms with Gasteiger partial charge in [0, 0.05) is 11.3 Å². The Kier molecular flexibility index (Phi) is 4.01. The lowest BCUT2D eigenvalue weighted by Gasteiger charge is -2.22. The molecule has 0 spiro atoms. The number of aromatic hydroxyl groups is 1. The van der Waals surface area contributed by atoms with Crippen molar-refractivity contribution in [1.29, 1.82) is 0 Å². The topological polar surface area (TPSA) is 49.3 Å². The molecular weight excluding hydrogens is 271 g/mol. The monoisotopic (exact) mass is 285 g/mol. The molecule has 0 aliphatic heterocycles. The Morgan fingerprint density at radius 2 is 1.80 bits per heavy atom. The zero-order valence-corrected chi connectivity index (χ0v) is 10.6. The van der Waals surface area contributed by atoms with Crippen LogP contribution in [0.2, 0.25) is 0 Å². The van der Waals surface area contributed by atoms with Crippen molar-refractivity contribution in [2.45, 2.75) is 31.9 Å². The normalized spacial score (nSPS) is 16.1. The minimum atomic E-state index is -4.91. The Balaban J connectivity index is 2.36. The van der Waals surface area contributed by atoms with E-state index in [9.17, 15) is 23.1 Å². The minimum absolute atomic E-state index is 0.00292. The fourth-order valence-corrected chi connectivity index (χ4v) is 2.28. The molecule has 0 saturated heterocycles. The van der Waals surface area contributed by atoms with Crippen LogP contribution in [0.1, 0.15) is 31.2 Å². The molecule has 0 aromatic heterocycles. The smallest absolute Gasteiger partial charge is 0.471 e. The second-order valence-electron chi connectivity index (χ2n) is 4.63. The van der Waals surface area contributed by atoms with Gasteiger partial charge in [0.1, 0.15) is 5.75 Å². The average molecular weight is 285 g/mol. The van der Waals surface area contributed by atoms with E-state index in [0.717, 1.165) is 6.42 Å². The Morgan fingerprint density at radius 1 is 1.15 bits per heavy atom. The van der Waals surface area contributed by atoms with Crippen LogP contribution < -0.4 is 5.32 Å². The molecule has 1 aliphatic rings. The first-order valence-electron chi connectivity index (χ1n) is 6.28. The summed E-state index contributed by atoms with van der Waals surface area (Å²) in [6.07, 6.45) is -2.48. The molecule has 0 fully saturated rings. The molecule has 2 N–H and O–H groups in total. The van der Waals surface area contributed by atoms with Gasteiger partial charge in [-0.25, -0.2) is 0 Å². The van der Waals surface area contributed by atoms with E-state index in [0.29, 0.717) is 30.4 Å². The van der Waals surface area contributed by atoms with Crippen LogP contribution in [0.5, 0.6) is 5.75 Å². The zero-order chi connectivity index (χ0) is 14.8. The SMILES string of the molecule is O=C(NC1=C(c2ccccc2O)CCCC1)C(F)(F)F. The van der Waals surface area contributed by atoms with E-state index in [1.54, 1.807) is 18.2 Å². The van der Waals surface area contributed by atoms with Gasteiger partial charge in [-0.15, -0.1) is 0 Å². The van der Waals surface area contributed by atoms with Gasteiger partial charge < -0.3 is 10.4 Å². The number of carbonyl (C=O) groups is 1. The number of para-hydroxylation sites is 1. The minimum Gasteiger partial charge on any atom is -0.507 e. The molecule has 1 aromatic carbocycles. The van der Waals surface area contributed by atoms with Crippen LogP contribution in [0.25, 0.3) is 5.57 Å². The van der Waals surface area contributed by atoms with Gasteiger partial charge in [0.05, 0.1) is 0 Å². The summed E-state index contributed by atoms with van der Waals surface area (Å²) in [6, 6.07) is 6.44. The van der Waals surface area contributed by atoms with Crippen LogP contribution in [-0.4, -0.2) is 17.2 Å². The highest BCUT2D eigenvalue weighted by molar-refractivity contribution is 5.86. The number of amides is 1. The summed E-state index contributed by atoms with van der Waals surface area (Å²) in [7, 11) is 0. The summed E-state index contributed by atoms with van der Waals surface area (Å²) in [4.78, 5) is 11.1. The van der Waals surface area contributed by atoms with E-state index in [4.69, 9.17) is 0 Å². The number of benzene rings is 1. The molecule has 0 bridgehead atoms. The van der Waals surface area contributed by atoms with Crippen LogP contribution in [0.15, 0.2) is 30.0 Å². The maximum atomic E-state index is 12.3. The van der Waals surface area contributed by atoms with Gasteiger partial charge >= 0.3 is 12.1 Å². The molecule has 108 valence electrons. The van der Waals surface area contributed by atoms with Crippen LogP contribution in [0, 0.1) is 0 Å². The van der Waals surface area contributed by atoms with Crippen molar-refractivity contribution in [3.63, 3.8) is 0 Å². The molecule has 1 aromatic rings. The van der Waals surface area contributed by atoms with Crippen molar-refractivity contribution >= 4 is 11.5 Å². The van der Waals surface area contributed by atoms with Crippen molar-refractivity contribution < 1.29 is 23.1 Å². The third kappa shape index (κ3) is 3.12. The summed E-state index contributed by atoms with van der Waals surface area (Å²) >= 11 is 0. The van der Waals surface area contributed by atoms with Crippen molar-refractivity contribution in [1.82, 2.24) is 5.32 Å². The maximum absolute atomic E-state index is 12.3. The number of nitrogens with one attached hydrogen (secondary N) is 1. The summed E-state index contributed by atoms with van der Waals surface area (Å²) in [5.74, 6) is -1.97. The first-order valence-corrected chi connectivity index (χ1v) is 6.28. The lowest BCUT2D eigenvalue weighted by Crippen LogP contribution is -2.37. The Labute approximate surface area is 114 Å². The fourth-order valence-electron chi connectivity index (χ4n) is 2.28. The lowest BCUT2D eigenvalue weighted by atomic mass is 9.90. The molecule has 1 aliphatic carbocycles. The number of hydrogen-bond donors (Lipinski definition) is 2. The largest absolute Gasteiger partial charge is 0.507 e. The Hall–Kier alpha value is -1.98. The van der Waals surface area contributed by atoms with Crippen molar-refractivity contribution in [2.75, 3.05) is 0 Å². The fraction of sp³-hybridized carbons (Fsp3) is 0.357. The molecular formula is C14H14F3NO2. The number of rotatable bonds is 2. The van der Waals surface area contributed by atoms with E-state index in [1.165, 1.54) is 6.07 Å². The highest BCUT2D eigenvalue weighted by Gasteiger charge is 2.39.